The van der Waals surface area contributed by atoms with E-state index in [1.807, 2.05) is 0 Å². The summed E-state index contributed by atoms with van der Waals surface area (Å²) in [4.78, 5) is 28.4. The average molecular weight is 262 g/mol. The molecule has 1 rings (SSSR count). The number of carboxylic acid groups (broad SMARTS) is 1. The predicted molar refractivity (Wildman–Crippen MR) is 72.8 cm³/mol. The van der Waals surface area contributed by atoms with Gasteiger partial charge in [-0.1, -0.05) is 19.4 Å². The Morgan fingerprint density at radius 2 is 2.21 bits per heavy atom. The van der Waals surface area contributed by atoms with Gasteiger partial charge >= 0.3 is 5.97 Å². The van der Waals surface area contributed by atoms with Gasteiger partial charge in [0, 0.05) is 31.4 Å². The number of nitrogens with zero attached hydrogens (tertiary/aromatic N) is 2. The van der Waals surface area contributed by atoms with Crippen molar-refractivity contribution in [3.63, 3.8) is 0 Å². The van der Waals surface area contributed by atoms with Crippen LogP contribution in [-0.4, -0.2) is 40.5 Å². The van der Waals surface area contributed by atoms with Crippen LogP contribution in [0.25, 0.3) is 6.08 Å². The van der Waals surface area contributed by atoms with Crippen LogP contribution < -0.4 is 0 Å². The molecule has 0 atom stereocenters. The first-order valence-electron chi connectivity index (χ1n) is 6.17. The van der Waals surface area contributed by atoms with Crippen LogP contribution in [0.3, 0.4) is 0 Å². The molecule has 102 valence electrons. The summed E-state index contributed by atoms with van der Waals surface area (Å²) in [6.45, 7) is 2.72. The number of aliphatic carboxylic acids is 1. The minimum atomic E-state index is -1.05. The molecular weight excluding hydrogens is 244 g/mol. The third-order valence-corrected chi connectivity index (χ3v) is 2.64. The molecule has 5 nitrogen and oxygen atoms in total. The maximum absolute atomic E-state index is 12.2. The largest absolute Gasteiger partial charge is 0.478 e. The minimum absolute atomic E-state index is 0.195. The topological polar surface area (TPSA) is 70.5 Å². The lowest BCUT2D eigenvalue weighted by molar-refractivity contribution is -0.131. The van der Waals surface area contributed by atoms with E-state index in [1.54, 1.807) is 24.1 Å². The number of carbonyl (C=O) groups is 2. The first kappa shape index (κ1) is 14.9. The number of aromatic nitrogens is 1. The molecule has 0 fully saturated rings. The van der Waals surface area contributed by atoms with Gasteiger partial charge in [0.15, 0.2) is 0 Å². The van der Waals surface area contributed by atoms with Gasteiger partial charge in [0.25, 0.3) is 5.91 Å². The molecule has 0 saturated heterocycles. The Morgan fingerprint density at radius 3 is 2.84 bits per heavy atom. The summed E-state index contributed by atoms with van der Waals surface area (Å²) in [6, 6.07) is 3.34. The van der Waals surface area contributed by atoms with Gasteiger partial charge in [0.1, 0.15) is 5.69 Å². The molecular formula is C14H18N2O3. The molecule has 0 unspecified atom stereocenters. The van der Waals surface area contributed by atoms with Crippen molar-refractivity contribution in [2.45, 2.75) is 19.8 Å². The first-order valence-corrected chi connectivity index (χ1v) is 6.17. The van der Waals surface area contributed by atoms with Crippen LogP contribution in [0.4, 0.5) is 0 Å². The van der Waals surface area contributed by atoms with Crippen molar-refractivity contribution in [3.8, 4) is 0 Å². The van der Waals surface area contributed by atoms with Crippen molar-refractivity contribution >= 4 is 18.0 Å². The van der Waals surface area contributed by atoms with E-state index in [9.17, 15) is 9.59 Å². The van der Waals surface area contributed by atoms with Crippen LogP contribution in [0.15, 0.2) is 24.4 Å². The minimum Gasteiger partial charge on any atom is -0.478 e. The number of hydrogen-bond acceptors (Lipinski definition) is 3. The van der Waals surface area contributed by atoms with Gasteiger partial charge in [-0.2, -0.15) is 0 Å². The van der Waals surface area contributed by atoms with Gasteiger partial charge in [-0.25, -0.2) is 4.79 Å². The third kappa shape index (κ3) is 4.54. The van der Waals surface area contributed by atoms with Crippen molar-refractivity contribution in [3.05, 3.63) is 35.7 Å². The summed E-state index contributed by atoms with van der Waals surface area (Å²) < 4.78 is 0. The van der Waals surface area contributed by atoms with E-state index < -0.39 is 5.97 Å². The Hall–Kier alpha value is -2.17. The summed E-state index contributed by atoms with van der Waals surface area (Å²) >= 11 is 0. The zero-order valence-electron chi connectivity index (χ0n) is 11.2. The Bertz CT molecular complexity index is 483. The normalized spacial score (nSPS) is 10.6. The van der Waals surface area contributed by atoms with E-state index in [0.717, 1.165) is 18.9 Å². The standard InChI is InChI=1S/C14H18N2O3/c1-3-4-10-16(2)14(19)13-11(6-5-9-15-13)7-8-12(17)18/h5-9H,3-4,10H2,1-2H3,(H,17,18)/b8-7+. The van der Waals surface area contributed by atoms with Crippen molar-refractivity contribution in [1.82, 2.24) is 9.88 Å². The number of hydrogen-bond donors (Lipinski definition) is 1. The quantitative estimate of drug-likeness (QED) is 0.796. The van der Waals surface area contributed by atoms with Crippen molar-refractivity contribution in [2.75, 3.05) is 13.6 Å². The van der Waals surface area contributed by atoms with Crippen LogP contribution in [-0.2, 0) is 4.79 Å². The molecule has 0 aliphatic rings. The first-order chi connectivity index (χ1) is 9.06. The molecule has 0 bridgehead atoms. The number of unbranched alkanes of at least 4 members (excludes halogenated alkanes) is 1. The summed E-state index contributed by atoms with van der Waals surface area (Å²) in [5, 5.41) is 8.63. The predicted octanol–water partition coefficient (Wildman–Crippen LogP) is 2.05. The fourth-order valence-electron chi connectivity index (χ4n) is 1.57. The third-order valence-electron chi connectivity index (χ3n) is 2.64. The monoisotopic (exact) mass is 262 g/mol. The van der Waals surface area contributed by atoms with E-state index in [1.165, 1.54) is 12.3 Å². The number of rotatable bonds is 6. The second kappa shape index (κ2) is 7.31. The summed E-state index contributed by atoms with van der Waals surface area (Å²) in [7, 11) is 1.72. The average Bonchev–Trinajstić information content (AvgIpc) is 2.42. The van der Waals surface area contributed by atoms with Crippen LogP contribution in [0, 0.1) is 0 Å². The van der Waals surface area contributed by atoms with E-state index >= 15 is 0 Å². The molecule has 1 amide bonds. The molecule has 1 aromatic rings. The molecule has 0 aliphatic heterocycles. The summed E-state index contributed by atoms with van der Waals surface area (Å²) in [5.74, 6) is -1.25. The molecule has 0 radical (unpaired) electrons. The van der Waals surface area contributed by atoms with Crippen molar-refractivity contribution in [2.24, 2.45) is 0 Å². The lowest BCUT2D eigenvalue weighted by Gasteiger charge is -2.17. The van der Waals surface area contributed by atoms with Gasteiger partial charge in [-0.05, 0) is 18.6 Å². The number of carboxylic acids is 1. The Balaban J connectivity index is 2.93. The zero-order valence-corrected chi connectivity index (χ0v) is 11.2. The molecule has 1 N–H and O–H groups in total. The molecule has 19 heavy (non-hydrogen) atoms. The highest BCUT2D eigenvalue weighted by atomic mass is 16.4. The van der Waals surface area contributed by atoms with Gasteiger partial charge in [0.05, 0.1) is 0 Å². The van der Waals surface area contributed by atoms with Gasteiger partial charge in [0.2, 0.25) is 0 Å². The zero-order chi connectivity index (χ0) is 14.3. The molecule has 0 aliphatic carbocycles. The van der Waals surface area contributed by atoms with Crippen LogP contribution in [0.1, 0.15) is 35.8 Å². The molecule has 1 aromatic heterocycles. The van der Waals surface area contributed by atoms with Gasteiger partial charge in [-0.3, -0.25) is 9.78 Å². The van der Waals surface area contributed by atoms with E-state index in [4.69, 9.17) is 5.11 Å². The maximum Gasteiger partial charge on any atom is 0.328 e. The Labute approximate surface area is 112 Å². The van der Waals surface area contributed by atoms with Gasteiger partial charge in [-0.15, -0.1) is 0 Å². The Kier molecular flexibility index (Phi) is 5.73. The SMILES string of the molecule is CCCCN(C)C(=O)c1ncccc1/C=C/C(=O)O. The highest BCUT2D eigenvalue weighted by molar-refractivity contribution is 5.97. The highest BCUT2D eigenvalue weighted by Gasteiger charge is 2.15. The fraction of sp³-hybridized carbons (Fsp3) is 0.357. The second-order valence-corrected chi connectivity index (χ2v) is 4.19. The molecule has 0 saturated carbocycles. The second-order valence-electron chi connectivity index (χ2n) is 4.19. The van der Waals surface area contributed by atoms with E-state index in [2.05, 4.69) is 11.9 Å². The highest BCUT2D eigenvalue weighted by Crippen LogP contribution is 2.10. The number of amides is 1. The fourth-order valence-corrected chi connectivity index (χ4v) is 1.57. The molecule has 5 heteroatoms. The lowest BCUT2D eigenvalue weighted by atomic mass is 10.1. The van der Waals surface area contributed by atoms with Crippen LogP contribution >= 0.6 is 0 Å². The molecule has 0 aromatic carbocycles. The van der Waals surface area contributed by atoms with Crippen molar-refractivity contribution in [1.29, 1.82) is 0 Å². The molecule has 0 spiro atoms. The van der Waals surface area contributed by atoms with E-state index in [0.29, 0.717) is 12.1 Å². The lowest BCUT2D eigenvalue weighted by Crippen LogP contribution is -2.29. The molecule has 1 heterocycles. The van der Waals surface area contributed by atoms with Gasteiger partial charge < -0.3 is 10.0 Å². The van der Waals surface area contributed by atoms with E-state index in [-0.39, 0.29) is 11.6 Å². The van der Waals surface area contributed by atoms with Crippen LogP contribution in [0.5, 0.6) is 0 Å². The van der Waals surface area contributed by atoms with Crippen LogP contribution in [0.2, 0.25) is 0 Å². The number of pyridine rings is 1. The summed E-state index contributed by atoms with van der Waals surface area (Å²) in [5.41, 5.74) is 0.789. The van der Waals surface area contributed by atoms with Crippen molar-refractivity contribution < 1.29 is 14.7 Å². The Morgan fingerprint density at radius 1 is 1.47 bits per heavy atom. The smallest absolute Gasteiger partial charge is 0.328 e. The number of carbonyl (C=O) groups excluding carboxylic acids is 1. The summed E-state index contributed by atoms with van der Waals surface area (Å²) in [6.07, 6.45) is 5.84. The maximum atomic E-state index is 12.2.